The topological polar surface area (TPSA) is 67.3 Å². The second kappa shape index (κ2) is 14.8. The summed E-state index contributed by atoms with van der Waals surface area (Å²) in [6.45, 7) is 3.52. The molecule has 16 heteroatoms. The van der Waals surface area contributed by atoms with E-state index in [1.807, 2.05) is 14.1 Å². The van der Waals surface area contributed by atoms with Crippen molar-refractivity contribution in [3.8, 4) is 5.88 Å². The number of alkyl halides is 6. The molecule has 0 saturated carbocycles. The molecule has 0 fully saturated rings. The number of hydrogen-bond donors (Lipinski definition) is 0. The van der Waals surface area contributed by atoms with Crippen molar-refractivity contribution in [3.05, 3.63) is 23.5 Å². The van der Waals surface area contributed by atoms with Crippen molar-refractivity contribution < 1.29 is 31.1 Å². The van der Waals surface area contributed by atoms with Crippen LogP contribution in [0.25, 0.3) is 11.1 Å². The number of likely N-dealkylation sites (N-methyl/N-ethyl adjacent to an activating group) is 2. The summed E-state index contributed by atoms with van der Waals surface area (Å²) in [6, 6.07) is 0. The highest BCUT2D eigenvalue weighted by atomic mass is 32.2. The zero-order chi connectivity index (χ0) is 28.5. The van der Waals surface area contributed by atoms with Gasteiger partial charge in [-0.25, -0.2) is 0 Å². The molecule has 0 bridgehead atoms. The molecule has 2 aliphatic rings. The number of rotatable bonds is 9. The maximum atomic E-state index is 12.1. The van der Waals surface area contributed by atoms with E-state index in [4.69, 9.17) is 4.74 Å². The van der Waals surface area contributed by atoms with E-state index in [2.05, 4.69) is 39.4 Å². The first-order chi connectivity index (χ1) is 18.4. The van der Waals surface area contributed by atoms with Crippen molar-refractivity contribution in [1.29, 1.82) is 0 Å². The average Bonchev–Trinajstić information content (AvgIpc) is 3.51. The number of ether oxygens (including phenoxy) is 1. The van der Waals surface area contributed by atoms with Gasteiger partial charge >= 0.3 is 12.4 Å². The van der Waals surface area contributed by atoms with Crippen LogP contribution in [-0.4, -0.2) is 92.3 Å². The van der Waals surface area contributed by atoms with Crippen molar-refractivity contribution >= 4 is 46.4 Å². The van der Waals surface area contributed by atoms with Gasteiger partial charge in [0.25, 0.3) is 5.88 Å². The molecule has 2 aliphatic heterocycles. The Kier molecular flexibility index (Phi) is 12.0. The minimum atomic E-state index is -4.14. The van der Waals surface area contributed by atoms with Crippen LogP contribution in [0.15, 0.2) is 17.2 Å². The monoisotopic (exact) mass is 616 g/mol. The first-order valence-corrected chi connectivity index (χ1v) is 14.7. The molecule has 0 unspecified atom stereocenters. The molecule has 2 aromatic heterocycles. The van der Waals surface area contributed by atoms with Crippen LogP contribution in [0.4, 0.5) is 26.3 Å². The van der Waals surface area contributed by atoms with E-state index in [0.717, 1.165) is 91.1 Å². The predicted molar refractivity (Wildman–Crippen MR) is 142 cm³/mol. The van der Waals surface area contributed by atoms with E-state index in [0.29, 0.717) is 16.6 Å². The van der Waals surface area contributed by atoms with Gasteiger partial charge in [-0.3, -0.25) is 0 Å². The van der Waals surface area contributed by atoms with Crippen LogP contribution in [0, 0.1) is 0 Å². The van der Waals surface area contributed by atoms with E-state index in [-0.39, 0.29) is 18.8 Å². The van der Waals surface area contributed by atoms with Crippen LogP contribution in [0.3, 0.4) is 0 Å². The Hall–Kier alpha value is -1.75. The normalized spacial score (nSPS) is 17.3. The third-order valence-corrected chi connectivity index (χ3v) is 7.80. The van der Waals surface area contributed by atoms with E-state index in [1.165, 1.54) is 0 Å². The average molecular weight is 617 g/mol. The lowest BCUT2D eigenvalue weighted by Gasteiger charge is -2.22. The molecule has 218 valence electrons. The second-order valence-corrected chi connectivity index (χ2v) is 11.3. The summed E-state index contributed by atoms with van der Waals surface area (Å²) < 4.78 is 94.4. The molecular weight excluding hydrogens is 586 g/mol. The molecule has 4 heterocycles. The van der Waals surface area contributed by atoms with Crippen molar-refractivity contribution in [3.63, 3.8) is 0 Å². The Morgan fingerprint density at radius 3 is 1.97 bits per heavy atom. The van der Waals surface area contributed by atoms with Gasteiger partial charge in [0.2, 0.25) is 0 Å². The first kappa shape index (κ1) is 31.8. The standard InChI is InChI=1S/C12H16F3N3OS.C11H14F3N3S2/c1-18-6-2-4-9(8-18)10-11(17-20-16-10)19-7-3-5-12(13,14)15;1-17-5-2-3-8(7-17)9-10(16-19-15-9)18-6-4-11(12,13)14/h4H,2-3,5-8H2,1H3;3H,2,4-7H2,1H3. The van der Waals surface area contributed by atoms with E-state index in [9.17, 15) is 26.3 Å². The Morgan fingerprint density at radius 2 is 1.38 bits per heavy atom. The van der Waals surface area contributed by atoms with Gasteiger partial charge in [0.05, 0.1) is 36.5 Å². The quantitative estimate of drug-likeness (QED) is 0.185. The van der Waals surface area contributed by atoms with Gasteiger partial charge < -0.3 is 14.5 Å². The zero-order valence-electron chi connectivity index (χ0n) is 21.5. The van der Waals surface area contributed by atoms with Gasteiger partial charge in [0.15, 0.2) is 0 Å². The molecule has 0 N–H and O–H groups in total. The van der Waals surface area contributed by atoms with E-state index in [1.54, 1.807) is 0 Å². The molecule has 0 radical (unpaired) electrons. The highest BCUT2D eigenvalue weighted by Crippen LogP contribution is 2.31. The molecule has 39 heavy (non-hydrogen) atoms. The molecule has 4 rings (SSSR count). The van der Waals surface area contributed by atoms with Crippen LogP contribution >= 0.6 is 35.2 Å². The van der Waals surface area contributed by atoms with Crippen molar-refractivity contribution in [1.82, 2.24) is 27.3 Å². The van der Waals surface area contributed by atoms with Gasteiger partial charge in [-0.1, -0.05) is 12.2 Å². The van der Waals surface area contributed by atoms with Crippen molar-refractivity contribution in [2.24, 2.45) is 0 Å². The summed E-state index contributed by atoms with van der Waals surface area (Å²) in [6.07, 6.45) is -3.91. The fourth-order valence-corrected chi connectivity index (χ4v) is 6.00. The molecule has 0 atom stereocenters. The van der Waals surface area contributed by atoms with Gasteiger partial charge in [-0.2, -0.15) is 39.5 Å². The Morgan fingerprint density at radius 1 is 0.821 bits per heavy atom. The van der Waals surface area contributed by atoms with Crippen LogP contribution in [0.5, 0.6) is 5.88 Å². The maximum absolute atomic E-state index is 12.1. The molecule has 2 aromatic rings. The number of nitrogens with zero attached hydrogens (tertiary/aromatic N) is 6. The number of thioether (sulfide) groups is 1. The number of aromatic nitrogens is 4. The van der Waals surface area contributed by atoms with E-state index >= 15 is 0 Å². The smallest absolute Gasteiger partial charge is 0.389 e. The summed E-state index contributed by atoms with van der Waals surface area (Å²) in [7, 11) is 4.03. The number of hydrogen-bond acceptors (Lipinski definition) is 10. The van der Waals surface area contributed by atoms with E-state index < -0.39 is 25.2 Å². The Bertz CT molecular complexity index is 1100. The Labute approximate surface area is 236 Å². The summed E-state index contributed by atoms with van der Waals surface area (Å²) in [4.78, 5) is 4.32. The van der Waals surface area contributed by atoms with Gasteiger partial charge in [-0.15, -0.1) is 16.1 Å². The molecule has 0 saturated heterocycles. The van der Waals surface area contributed by atoms with Crippen molar-refractivity contribution in [2.45, 2.75) is 49.5 Å². The highest BCUT2D eigenvalue weighted by molar-refractivity contribution is 7.99. The molecule has 7 nitrogen and oxygen atoms in total. The number of halogens is 6. The summed E-state index contributed by atoms with van der Waals surface area (Å²) >= 11 is 3.21. The Balaban J connectivity index is 0.000000216. The lowest BCUT2D eigenvalue weighted by atomic mass is 10.1. The molecule has 0 spiro atoms. The molecule has 0 aliphatic carbocycles. The second-order valence-electron chi connectivity index (χ2n) is 9.13. The van der Waals surface area contributed by atoms with Crippen LogP contribution < -0.4 is 4.74 Å². The summed E-state index contributed by atoms with van der Waals surface area (Å²) in [5, 5.41) is 0.621. The summed E-state index contributed by atoms with van der Waals surface area (Å²) in [5.41, 5.74) is 3.51. The lowest BCUT2D eigenvalue weighted by molar-refractivity contribution is -0.136. The largest absolute Gasteiger partial charge is 0.475 e. The molecular formula is C23H30F6N6OS3. The van der Waals surface area contributed by atoms with Crippen LogP contribution in [0.2, 0.25) is 0 Å². The van der Waals surface area contributed by atoms with Crippen molar-refractivity contribution in [2.75, 3.05) is 52.6 Å². The molecule has 0 aromatic carbocycles. The first-order valence-electron chi connectivity index (χ1n) is 12.2. The van der Waals surface area contributed by atoms with Gasteiger partial charge in [0.1, 0.15) is 16.4 Å². The SMILES string of the molecule is CN1CCC=C(c2nsnc2OCCCC(F)(F)F)C1.CN1CCC=C(c2nsnc2SCCC(F)(F)F)C1. The van der Waals surface area contributed by atoms with Gasteiger partial charge in [0, 0.05) is 38.4 Å². The zero-order valence-corrected chi connectivity index (χ0v) is 24.0. The highest BCUT2D eigenvalue weighted by Gasteiger charge is 2.28. The molecule has 0 amide bonds. The minimum absolute atomic E-state index is 0.00103. The minimum Gasteiger partial charge on any atom is -0.475 e. The third kappa shape index (κ3) is 11.3. The summed E-state index contributed by atoms with van der Waals surface area (Å²) in [5.74, 6) is 0.337. The van der Waals surface area contributed by atoms with Crippen LogP contribution in [-0.2, 0) is 0 Å². The van der Waals surface area contributed by atoms with Crippen LogP contribution in [0.1, 0.15) is 43.5 Å². The third-order valence-electron chi connectivity index (χ3n) is 5.68. The van der Waals surface area contributed by atoms with Gasteiger partial charge in [-0.05, 0) is 44.5 Å². The fourth-order valence-electron chi connectivity index (χ4n) is 3.78. The predicted octanol–water partition coefficient (Wildman–Crippen LogP) is 6.28. The lowest BCUT2D eigenvalue weighted by Crippen LogP contribution is -2.25. The fraction of sp³-hybridized carbons (Fsp3) is 0.652. The maximum Gasteiger partial charge on any atom is 0.389 e.